The zero-order valence-electron chi connectivity index (χ0n) is 17.8. The predicted molar refractivity (Wildman–Crippen MR) is 124 cm³/mol. The van der Waals surface area contributed by atoms with Crippen molar-refractivity contribution in [1.82, 2.24) is 19.7 Å². The molecule has 0 spiro atoms. The molecule has 0 radical (unpaired) electrons. The lowest BCUT2D eigenvalue weighted by Gasteiger charge is -2.04. The Kier molecular flexibility index (Phi) is 6.10. The first-order valence-corrected chi connectivity index (χ1v) is 10.9. The Bertz CT molecular complexity index is 1350. The summed E-state index contributed by atoms with van der Waals surface area (Å²) >= 11 is 1.28. The van der Waals surface area contributed by atoms with Gasteiger partial charge in [-0.15, -0.1) is 11.3 Å². The number of hydrogen-bond acceptors (Lipinski definition) is 5. The summed E-state index contributed by atoms with van der Waals surface area (Å²) in [6.45, 7) is 5.63. The van der Waals surface area contributed by atoms with Crippen molar-refractivity contribution < 1.29 is 9.18 Å². The van der Waals surface area contributed by atoms with Crippen LogP contribution in [0.5, 0.6) is 0 Å². The Morgan fingerprint density at radius 3 is 2.69 bits per heavy atom. The van der Waals surface area contributed by atoms with E-state index in [1.807, 2.05) is 37.4 Å². The molecule has 4 aromatic rings. The van der Waals surface area contributed by atoms with Crippen molar-refractivity contribution in [2.24, 2.45) is 0 Å². The van der Waals surface area contributed by atoms with Gasteiger partial charge < -0.3 is 0 Å². The van der Waals surface area contributed by atoms with Crippen LogP contribution in [0.2, 0.25) is 0 Å². The van der Waals surface area contributed by atoms with E-state index in [1.165, 1.54) is 17.4 Å². The summed E-state index contributed by atoms with van der Waals surface area (Å²) in [7, 11) is 0. The molecule has 3 heterocycles. The minimum absolute atomic E-state index is 0.0121. The highest BCUT2D eigenvalue weighted by Gasteiger charge is 2.22. The molecular weight excluding hydrogens is 425 g/mol. The number of benzene rings is 1. The van der Waals surface area contributed by atoms with Gasteiger partial charge in [-0.2, -0.15) is 5.10 Å². The SMILES string of the molecule is CC#Cc1cccc(-c2csc(NC(=O)c3cn(C(C)C)nc3-c3ccccc3F)n2)n1. The maximum Gasteiger partial charge on any atom is 0.261 e. The molecule has 0 aliphatic rings. The number of anilines is 1. The molecular formula is C24H20FN5OS. The molecule has 1 amide bonds. The van der Waals surface area contributed by atoms with E-state index in [0.717, 1.165) is 0 Å². The van der Waals surface area contributed by atoms with E-state index in [9.17, 15) is 9.18 Å². The Hall–Kier alpha value is -3.83. The van der Waals surface area contributed by atoms with E-state index in [1.54, 1.807) is 36.0 Å². The maximum absolute atomic E-state index is 14.4. The molecule has 160 valence electrons. The standard InChI is InChI=1S/C24H20FN5OS/c1-4-8-16-9-7-12-20(26-16)21-14-32-24(27-21)28-23(31)18-13-30(15(2)3)29-22(18)17-10-5-6-11-19(17)25/h5-7,9-15H,1-3H3,(H,27,28,31). The van der Waals surface area contributed by atoms with Gasteiger partial charge in [0.2, 0.25) is 0 Å². The van der Waals surface area contributed by atoms with Crippen LogP contribution in [-0.2, 0) is 0 Å². The lowest BCUT2D eigenvalue weighted by Crippen LogP contribution is -2.12. The average molecular weight is 446 g/mol. The third-order valence-electron chi connectivity index (χ3n) is 4.62. The first-order chi connectivity index (χ1) is 15.5. The van der Waals surface area contributed by atoms with Gasteiger partial charge in [0.25, 0.3) is 5.91 Å². The van der Waals surface area contributed by atoms with Gasteiger partial charge in [-0.25, -0.2) is 14.4 Å². The van der Waals surface area contributed by atoms with Crippen LogP contribution in [0.3, 0.4) is 0 Å². The third-order valence-corrected chi connectivity index (χ3v) is 5.38. The summed E-state index contributed by atoms with van der Waals surface area (Å²) < 4.78 is 16.1. The topological polar surface area (TPSA) is 72.7 Å². The highest BCUT2D eigenvalue weighted by atomic mass is 32.1. The molecule has 0 fully saturated rings. The normalized spacial score (nSPS) is 10.7. The molecule has 0 saturated heterocycles. The molecule has 1 aromatic carbocycles. The lowest BCUT2D eigenvalue weighted by molar-refractivity contribution is 0.102. The highest BCUT2D eigenvalue weighted by Crippen LogP contribution is 2.28. The van der Waals surface area contributed by atoms with Gasteiger partial charge >= 0.3 is 0 Å². The Morgan fingerprint density at radius 1 is 1.12 bits per heavy atom. The second-order valence-electron chi connectivity index (χ2n) is 7.22. The van der Waals surface area contributed by atoms with Crippen LogP contribution in [0.15, 0.2) is 54.0 Å². The number of carbonyl (C=O) groups excluding carboxylic acids is 1. The number of thiazole rings is 1. The summed E-state index contributed by atoms with van der Waals surface area (Å²) in [5.74, 6) is 4.90. The molecule has 0 saturated carbocycles. The first kappa shape index (κ1) is 21.4. The van der Waals surface area contributed by atoms with Gasteiger partial charge in [0, 0.05) is 23.2 Å². The van der Waals surface area contributed by atoms with E-state index < -0.39 is 11.7 Å². The summed E-state index contributed by atoms with van der Waals surface area (Å²) in [6.07, 6.45) is 1.63. The number of nitrogens with zero attached hydrogens (tertiary/aromatic N) is 4. The maximum atomic E-state index is 14.4. The fourth-order valence-corrected chi connectivity index (χ4v) is 3.76. The molecule has 8 heteroatoms. The summed E-state index contributed by atoms with van der Waals surface area (Å²) in [5, 5.41) is 9.49. The van der Waals surface area contributed by atoms with Crippen LogP contribution in [0.4, 0.5) is 9.52 Å². The van der Waals surface area contributed by atoms with E-state index in [4.69, 9.17) is 0 Å². The van der Waals surface area contributed by atoms with E-state index in [-0.39, 0.29) is 17.2 Å². The molecule has 0 aliphatic carbocycles. The van der Waals surface area contributed by atoms with E-state index in [0.29, 0.717) is 27.9 Å². The summed E-state index contributed by atoms with van der Waals surface area (Å²) in [4.78, 5) is 22.0. The van der Waals surface area contributed by atoms with Gasteiger partial charge in [0.1, 0.15) is 22.9 Å². The van der Waals surface area contributed by atoms with Crippen LogP contribution in [-0.4, -0.2) is 25.7 Å². The monoisotopic (exact) mass is 445 g/mol. The number of halogens is 1. The number of amides is 1. The van der Waals surface area contributed by atoms with Crippen LogP contribution in [0, 0.1) is 17.7 Å². The fourth-order valence-electron chi connectivity index (χ4n) is 3.06. The van der Waals surface area contributed by atoms with Crippen molar-refractivity contribution in [3.8, 4) is 34.5 Å². The van der Waals surface area contributed by atoms with Gasteiger partial charge in [0.15, 0.2) is 5.13 Å². The van der Waals surface area contributed by atoms with Crippen LogP contribution in [0.25, 0.3) is 22.6 Å². The number of pyridine rings is 1. The number of rotatable bonds is 5. The third kappa shape index (κ3) is 4.43. The molecule has 0 bridgehead atoms. The zero-order chi connectivity index (χ0) is 22.7. The summed E-state index contributed by atoms with van der Waals surface area (Å²) in [6, 6.07) is 11.8. The minimum atomic E-state index is -0.437. The number of nitrogens with one attached hydrogen (secondary N) is 1. The van der Waals surface area contributed by atoms with Crippen molar-refractivity contribution in [3.05, 3.63) is 71.1 Å². The highest BCUT2D eigenvalue weighted by molar-refractivity contribution is 7.14. The quantitative estimate of drug-likeness (QED) is 0.417. The zero-order valence-corrected chi connectivity index (χ0v) is 18.6. The van der Waals surface area contributed by atoms with Gasteiger partial charge in [-0.3, -0.25) is 14.8 Å². The molecule has 0 atom stereocenters. The molecule has 3 aromatic heterocycles. The van der Waals surface area contributed by atoms with E-state index >= 15 is 0 Å². The van der Waals surface area contributed by atoms with Gasteiger partial charge in [-0.1, -0.05) is 24.1 Å². The first-order valence-electron chi connectivity index (χ1n) is 9.97. The van der Waals surface area contributed by atoms with Crippen LogP contribution >= 0.6 is 11.3 Å². The van der Waals surface area contributed by atoms with E-state index in [2.05, 4.69) is 32.2 Å². The summed E-state index contributed by atoms with van der Waals surface area (Å²) in [5.41, 5.74) is 2.80. The fraction of sp³-hybridized carbons (Fsp3) is 0.167. The van der Waals surface area contributed by atoms with Gasteiger partial charge in [-0.05, 0) is 51.0 Å². The molecule has 1 N–H and O–H groups in total. The molecule has 0 unspecified atom stereocenters. The van der Waals surface area contributed by atoms with Crippen molar-refractivity contribution >= 4 is 22.4 Å². The van der Waals surface area contributed by atoms with Crippen molar-refractivity contribution in [1.29, 1.82) is 0 Å². The lowest BCUT2D eigenvalue weighted by atomic mass is 10.1. The second kappa shape index (κ2) is 9.12. The molecule has 32 heavy (non-hydrogen) atoms. The molecule has 0 aliphatic heterocycles. The van der Waals surface area contributed by atoms with Crippen molar-refractivity contribution in [2.75, 3.05) is 5.32 Å². The van der Waals surface area contributed by atoms with Crippen molar-refractivity contribution in [2.45, 2.75) is 26.8 Å². The minimum Gasteiger partial charge on any atom is -0.298 e. The largest absolute Gasteiger partial charge is 0.298 e. The number of hydrogen-bond donors (Lipinski definition) is 1. The van der Waals surface area contributed by atoms with Crippen LogP contribution in [0.1, 0.15) is 42.9 Å². The van der Waals surface area contributed by atoms with Crippen molar-refractivity contribution in [3.63, 3.8) is 0 Å². The average Bonchev–Trinajstić information content (AvgIpc) is 3.42. The number of carbonyl (C=O) groups is 1. The predicted octanol–water partition coefficient (Wildman–Crippen LogP) is 5.41. The van der Waals surface area contributed by atoms with Gasteiger partial charge in [0.05, 0.1) is 11.3 Å². The smallest absolute Gasteiger partial charge is 0.261 e. The molecule has 4 rings (SSSR count). The Labute approximate surface area is 189 Å². The second-order valence-corrected chi connectivity index (χ2v) is 8.08. The molecule has 6 nitrogen and oxygen atoms in total. The Morgan fingerprint density at radius 2 is 1.94 bits per heavy atom. The van der Waals surface area contributed by atoms with Crippen LogP contribution < -0.4 is 5.32 Å². The number of aromatic nitrogens is 4. The Balaban J connectivity index is 1.63.